The molecule has 0 aliphatic carbocycles. The first-order chi connectivity index (χ1) is 12.5. The fraction of sp³-hybridized carbons (Fsp3) is 0.800. The number of ether oxygens (including phenoxy) is 2. The molecule has 0 radical (unpaired) electrons. The van der Waals surface area contributed by atoms with Gasteiger partial charge in [-0.25, -0.2) is 9.59 Å². The van der Waals surface area contributed by atoms with Crippen LogP contribution in [0.3, 0.4) is 0 Å². The van der Waals surface area contributed by atoms with Gasteiger partial charge in [-0.2, -0.15) is 0 Å². The predicted octanol–water partition coefficient (Wildman–Crippen LogP) is 1.88. The standard InChI is InChI=1S/C20H30N2O4/c1-21-13-3-4-14(21)10-17(9-13)25-19(23)7-8-20(24)26-18-11-15-5-6-16(12-18)22(15)2/h7-8,13-18H,3-6,9-12H2,1-2H3/b8-7+/t13-,14-,15-,16+,18?/m0/s1. The van der Waals surface area contributed by atoms with Gasteiger partial charge in [0, 0.05) is 62.0 Å². The first-order valence-electron chi connectivity index (χ1n) is 10.0. The summed E-state index contributed by atoms with van der Waals surface area (Å²) in [6, 6.07) is 2.11. The highest BCUT2D eigenvalue weighted by Gasteiger charge is 2.40. The molecule has 0 amide bonds. The largest absolute Gasteiger partial charge is 0.459 e. The zero-order chi connectivity index (χ0) is 18.3. The lowest BCUT2D eigenvalue weighted by molar-refractivity contribution is -0.149. The summed E-state index contributed by atoms with van der Waals surface area (Å²) >= 11 is 0. The van der Waals surface area contributed by atoms with Crippen LogP contribution in [0.25, 0.3) is 0 Å². The lowest BCUT2D eigenvalue weighted by Crippen LogP contribution is -2.43. The van der Waals surface area contributed by atoms with E-state index >= 15 is 0 Å². The molecule has 4 aliphatic heterocycles. The second kappa shape index (κ2) is 7.31. The van der Waals surface area contributed by atoms with E-state index in [-0.39, 0.29) is 12.2 Å². The fourth-order valence-corrected chi connectivity index (χ4v) is 5.46. The molecule has 6 heteroatoms. The minimum Gasteiger partial charge on any atom is -0.459 e. The van der Waals surface area contributed by atoms with Crippen LogP contribution in [0.15, 0.2) is 12.2 Å². The van der Waals surface area contributed by atoms with Crippen LogP contribution in [0, 0.1) is 0 Å². The molecule has 1 unspecified atom stereocenters. The molecule has 0 aromatic heterocycles. The maximum Gasteiger partial charge on any atom is 0.331 e. The third-order valence-corrected chi connectivity index (χ3v) is 7.03. The van der Waals surface area contributed by atoms with Gasteiger partial charge in [-0.1, -0.05) is 0 Å². The van der Waals surface area contributed by atoms with Crippen LogP contribution in [-0.2, 0) is 19.1 Å². The smallest absolute Gasteiger partial charge is 0.331 e. The highest BCUT2D eigenvalue weighted by molar-refractivity contribution is 5.91. The number of rotatable bonds is 4. The van der Waals surface area contributed by atoms with Crippen molar-refractivity contribution >= 4 is 11.9 Å². The van der Waals surface area contributed by atoms with Crippen molar-refractivity contribution in [1.29, 1.82) is 0 Å². The number of nitrogens with zero attached hydrogens (tertiary/aromatic N) is 2. The van der Waals surface area contributed by atoms with Crippen LogP contribution < -0.4 is 0 Å². The average molecular weight is 362 g/mol. The van der Waals surface area contributed by atoms with Crippen molar-refractivity contribution in [2.75, 3.05) is 14.1 Å². The maximum atomic E-state index is 12.0. The number of carbonyl (C=O) groups excluding carboxylic acids is 2. The van der Waals surface area contributed by atoms with Gasteiger partial charge in [-0.15, -0.1) is 0 Å². The molecule has 0 aromatic carbocycles. The molecule has 0 spiro atoms. The first kappa shape index (κ1) is 18.0. The Labute approximate surface area is 155 Å². The Morgan fingerprint density at radius 3 is 1.31 bits per heavy atom. The number of hydrogen-bond acceptors (Lipinski definition) is 6. The lowest BCUT2D eigenvalue weighted by Gasteiger charge is -2.35. The van der Waals surface area contributed by atoms with Crippen LogP contribution in [0.5, 0.6) is 0 Å². The van der Waals surface area contributed by atoms with Crippen molar-refractivity contribution in [3.63, 3.8) is 0 Å². The van der Waals surface area contributed by atoms with Gasteiger partial charge in [0.25, 0.3) is 0 Å². The van der Waals surface area contributed by atoms with Gasteiger partial charge in [-0.05, 0) is 39.8 Å². The quantitative estimate of drug-likeness (QED) is 0.562. The van der Waals surface area contributed by atoms with Crippen molar-refractivity contribution < 1.29 is 19.1 Å². The molecule has 0 aromatic rings. The summed E-state index contributed by atoms with van der Waals surface area (Å²) in [5, 5.41) is 0. The van der Waals surface area contributed by atoms with Gasteiger partial charge in [0.15, 0.2) is 0 Å². The van der Waals surface area contributed by atoms with E-state index < -0.39 is 11.9 Å². The summed E-state index contributed by atoms with van der Waals surface area (Å²) in [5.74, 6) is -0.862. The molecule has 4 saturated heterocycles. The van der Waals surface area contributed by atoms with Gasteiger partial charge in [0.2, 0.25) is 0 Å². The summed E-state index contributed by atoms with van der Waals surface area (Å²) in [5.41, 5.74) is 0. The predicted molar refractivity (Wildman–Crippen MR) is 96.5 cm³/mol. The Morgan fingerprint density at radius 1 is 0.692 bits per heavy atom. The topological polar surface area (TPSA) is 59.1 Å². The van der Waals surface area contributed by atoms with Gasteiger partial charge >= 0.3 is 11.9 Å². The number of piperidine rings is 2. The fourth-order valence-electron chi connectivity index (χ4n) is 5.46. The molecular weight excluding hydrogens is 332 g/mol. The number of carbonyl (C=O) groups is 2. The Bertz CT molecular complexity index is 514. The molecule has 0 saturated carbocycles. The minimum absolute atomic E-state index is 0.0265. The zero-order valence-electron chi connectivity index (χ0n) is 15.8. The van der Waals surface area contributed by atoms with Crippen LogP contribution in [0.2, 0.25) is 0 Å². The average Bonchev–Trinajstić information content (AvgIpc) is 2.95. The molecule has 26 heavy (non-hydrogen) atoms. The van der Waals surface area contributed by atoms with Gasteiger partial charge in [0.05, 0.1) is 0 Å². The molecule has 4 aliphatic rings. The summed E-state index contributed by atoms with van der Waals surface area (Å²) in [6.45, 7) is 0. The van der Waals surface area contributed by atoms with E-state index in [0.717, 1.165) is 25.7 Å². The van der Waals surface area contributed by atoms with Crippen molar-refractivity contribution in [3.8, 4) is 0 Å². The van der Waals surface area contributed by atoms with Crippen molar-refractivity contribution in [1.82, 2.24) is 9.80 Å². The Balaban J connectivity index is 1.22. The number of hydrogen-bond donors (Lipinski definition) is 0. The Hall–Kier alpha value is -1.40. The van der Waals surface area contributed by atoms with Crippen molar-refractivity contribution in [3.05, 3.63) is 12.2 Å². The van der Waals surface area contributed by atoms with Gasteiger partial charge < -0.3 is 19.3 Å². The lowest BCUT2D eigenvalue weighted by atomic mass is 10.0. The molecule has 4 bridgehead atoms. The van der Waals surface area contributed by atoms with E-state index in [1.165, 1.54) is 37.8 Å². The van der Waals surface area contributed by atoms with E-state index in [1.54, 1.807) is 0 Å². The summed E-state index contributed by atoms with van der Waals surface area (Å²) in [6.07, 6.45) is 10.8. The van der Waals surface area contributed by atoms with Gasteiger partial charge in [-0.3, -0.25) is 0 Å². The minimum atomic E-state index is -0.431. The third kappa shape index (κ3) is 3.67. The second-order valence-corrected chi connectivity index (χ2v) is 8.49. The van der Waals surface area contributed by atoms with E-state index in [0.29, 0.717) is 24.2 Å². The van der Waals surface area contributed by atoms with Crippen LogP contribution in [0.1, 0.15) is 51.4 Å². The molecular formula is C20H30N2O4. The highest BCUT2D eigenvalue weighted by atomic mass is 16.5. The van der Waals surface area contributed by atoms with E-state index in [4.69, 9.17) is 9.47 Å². The molecule has 6 nitrogen and oxygen atoms in total. The normalized spacial score (nSPS) is 40.1. The third-order valence-electron chi connectivity index (χ3n) is 7.03. The van der Waals surface area contributed by atoms with Crippen LogP contribution in [0.4, 0.5) is 0 Å². The van der Waals surface area contributed by atoms with E-state index in [1.807, 2.05) is 0 Å². The van der Waals surface area contributed by atoms with Gasteiger partial charge in [0.1, 0.15) is 12.2 Å². The summed E-state index contributed by atoms with van der Waals surface area (Å²) in [7, 11) is 4.32. The number of fused-ring (bicyclic) bond motifs is 4. The highest BCUT2D eigenvalue weighted by Crippen LogP contribution is 2.36. The second-order valence-electron chi connectivity index (χ2n) is 8.49. The Kier molecular flexibility index (Phi) is 5.06. The maximum absolute atomic E-state index is 12.0. The van der Waals surface area contributed by atoms with E-state index in [2.05, 4.69) is 23.9 Å². The molecule has 4 rings (SSSR count). The molecule has 0 N–H and O–H groups in total. The molecule has 4 fully saturated rings. The van der Waals surface area contributed by atoms with Crippen LogP contribution >= 0.6 is 0 Å². The first-order valence-corrected chi connectivity index (χ1v) is 10.0. The Morgan fingerprint density at radius 2 is 1.00 bits per heavy atom. The van der Waals surface area contributed by atoms with E-state index in [9.17, 15) is 9.59 Å². The SMILES string of the molecule is CN1[C@@H]2CC[C@H]1CC(OC(=O)/C=C/C(=O)OC1C[C@@H]3CC[C@@H](C1)N3C)C2. The molecule has 5 atom stereocenters. The van der Waals surface area contributed by atoms with Crippen LogP contribution in [-0.4, -0.2) is 72.2 Å². The summed E-state index contributed by atoms with van der Waals surface area (Å²) < 4.78 is 11.1. The molecule has 4 heterocycles. The van der Waals surface area contributed by atoms with Crippen molar-refractivity contribution in [2.45, 2.75) is 87.7 Å². The number of esters is 2. The summed E-state index contributed by atoms with van der Waals surface area (Å²) in [4.78, 5) is 28.9. The molecule has 144 valence electrons. The zero-order valence-corrected chi connectivity index (χ0v) is 15.8. The van der Waals surface area contributed by atoms with Crippen molar-refractivity contribution in [2.24, 2.45) is 0 Å². The monoisotopic (exact) mass is 362 g/mol.